The molecule has 11 heavy (non-hydrogen) atoms. The Morgan fingerprint density at radius 2 is 2.09 bits per heavy atom. The SMILES string of the molecule is Nc1cccc(C2CC2)c1Cl. The molecular formula is C9H10ClN. The largest absolute Gasteiger partial charge is 0.398 e. The maximum absolute atomic E-state index is 6.00. The van der Waals surface area contributed by atoms with Crippen molar-refractivity contribution in [2.75, 3.05) is 5.73 Å². The van der Waals surface area contributed by atoms with E-state index in [1.165, 1.54) is 18.4 Å². The van der Waals surface area contributed by atoms with Crippen LogP contribution in [0, 0.1) is 0 Å². The molecule has 1 nitrogen and oxygen atoms in total. The van der Waals surface area contributed by atoms with E-state index in [4.69, 9.17) is 17.3 Å². The summed E-state index contributed by atoms with van der Waals surface area (Å²) in [5, 5.41) is 0.759. The molecule has 58 valence electrons. The first-order valence-corrected chi connectivity index (χ1v) is 4.20. The first-order valence-electron chi connectivity index (χ1n) is 3.83. The summed E-state index contributed by atoms with van der Waals surface area (Å²) in [7, 11) is 0. The number of nitrogens with two attached hydrogens (primary N) is 1. The third-order valence-corrected chi connectivity index (χ3v) is 2.51. The second-order valence-electron chi connectivity index (χ2n) is 3.02. The Labute approximate surface area is 71.2 Å². The first-order chi connectivity index (χ1) is 5.29. The van der Waals surface area contributed by atoms with Gasteiger partial charge in [0.05, 0.1) is 10.7 Å². The lowest BCUT2D eigenvalue weighted by Crippen LogP contribution is -1.89. The van der Waals surface area contributed by atoms with Gasteiger partial charge in [0.2, 0.25) is 0 Å². The maximum atomic E-state index is 6.00. The van der Waals surface area contributed by atoms with Crippen molar-refractivity contribution in [3.63, 3.8) is 0 Å². The summed E-state index contributed by atoms with van der Waals surface area (Å²) < 4.78 is 0. The van der Waals surface area contributed by atoms with E-state index in [2.05, 4.69) is 6.07 Å². The summed E-state index contributed by atoms with van der Waals surface area (Å²) in [5.74, 6) is 0.686. The van der Waals surface area contributed by atoms with Gasteiger partial charge >= 0.3 is 0 Å². The second kappa shape index (κ2) is 2.42. The number of hydrogen-bond donors (Lipinski definition) is 1. The van der Waals surface area contributed by atoms with Crippen LogP contribution in [-0.2, 0) is 0 Å². The Kier molecular flexibility index (Phi) is 1.53. The average Bonchev–Trinajstić information content (AvgIpc) is 2.77. The Bertz CT molecular complexity index is 279. The minimum absolute atomic E-state index is 0.686. The molecule has 1 aliphatic carbocycles. The Hall–Kier alpha value is -0.690. The minimum Gasteiger partial charge on any atom is -0.398 e. The van der Waals surface area contributed by atoms with Gasteiger partial charge in [-0.2, -0.15) is 0 Å². The van der Waals surface area contributed by atoms with Gasteiger partial charge in [-0.3, -0.25) is 0 Å². The molecule has 0 atom stereocenters. The van der Waals surface area contributed by atoms with Crippen LogP contribution in [0.3, 0.4) is 0 Å². The lowest BCUT2D eigenvalue weighted by Gasteiger charge is -2.03. The summed E-state index contributed by atoms with van der Waals surface area (Å²) >= 11 is 6.00. The van der Waals surface area contributed by atoms with E-state index >= 15 is 0 Å². The van der Waals surface area contributed by atoms with Gasteiger partial charge in [-0.05, 0) is 30.4 Å². The van der Waals surface area contributed by atoms with Crippen molar-refractivity contribution in [3.05, 3.63) is 28.8 Å². The molecule has 1 aromatic carbocycles. The number of nitrogen functional groups attached to an aromatic ring is 1. The highest BCUT2D eigenvalue weighted by Gasteiger charge is 2.25. The summed E-state index contributed by atoms with van der Waals surface area (Å²) in [6.45, 7) is 0. The third-order valence-electron chi connectivity index (χ3n) is 2.08. The van der Waals surface area contributed by atoms with Crippen LogP contribution in [0.5, 0.6) is 0 Å². The molecule has 2 N–H and O–H groups in total. The Morgan fingerprint density at radius 3 is 2.73 bits per heavy atom. The molecular weight excluding hydrogens is 158 g/mol. The molecule has 0 spiro atoms. The minimum atomic E-state index is 0.686. The van der Waals surface area contributed by atoms with Crippen LogP contribution in [0.2, 0.25) is 5.02 Å². The molecule has 0 aliphatic heterocycles. The van der Waals surface area contributed by atoms with Gasteiger partial charge in [-0.25, -0.2) is 0 Å². The molecule has 0 radical (unpaired) electrons. The van der Waals surface area contributed by atoms with E-state index in [1.807, 2.05) is 12.1 Å². The van der Waals surface area contributed by atoms with Crippen LogP contribution in [0.1, 0.15) is 24.3 Å². The van der Waals surface area contributed by atoms with Crippen molar-refractivity contribution in [2.45, 2.75) is 18.8 Å². The van der Waals surface area contributed by atoms with Gasteiger partial charge in [0.15, 0.2) is 0 Å². The zero-order valence-electron chi connectivity index (χ0n) is 6.18. The number of anilines is 1. The number of hydrogen-bond acceptors (Lipinski definition) is 1. The van der Waals surface area contributed by atoms with Crippen molar-refractivity contribution in [3.8, 4) is 0 Å². The standard InChI is InChI=1S/C9H10ClN/c10-9-7(6-4-5-6)2-1-3-8(9)11/h1-3,6H,4-5,11H2. The van der Waals surface area contributed by atoms with Crippen LogP contribution in [0.25, 0.3) is 0 Å². The van der Waals surface area contributed by atoms with Gasteiger partial charge in [-0.15, -0.1) is 0 Å². The molecule has 1 fully saturated rings. The molecule has 0 heterocycles. The zero-order valence-corrected chi connectivity index (χ0v) is 6.93. The quantitative estimate of drug-likeness (QED) is 0.640. The smallest absolute Gasteiger partial charge is 0.0670 e. The topological polar surface area (TPSA) is 26.0 Å². The highest BCUT2D eigenvalue weighted by atomic mass is 35.5. The highest BCUT2D eigenvalue weighted by molar-refractivity contribution is 6.33. The number of benzene rings is 1. The zero-order chi connectivity index (χ0) is 7.84. The fourth-order valence-corrected chi connectivity index (χ4v) is 1.56. The molecule has 1 aliphatic rings. The van der Waals surface area contributed by atoms with Gasteiger partial charge in [0, 0.05) is 0 Å². The molecule has 0 saturated heterocycles. The average molecular weight is 168 g/mol. The second-order valence-corrected chi connectivity index (χ2v) is 3.40. The van der Waals surface area contributed by atoms with Crippen molar-refractivity contribution >= 4 is 17.3 Å². The fraction of sp³-hybridized carbons (Fsp3) is 0.333. The Balaban J connectivity index is 2.45. The van der Waals surface area contributed by atoms with Crippen LogP contribution in [0.15, 0.2) is 18.2 Å². The first kappa shape index (κ1) is 6.99. The normalized spacial score (nSPS) is 16.8. The van der Waals surface area contributed by atoms with Crippen molar-refractivity contribution in [1.82, 2.24) is 0 Å². The monoisotopic (exact) mass is 167 g/mol. The lowest BCUT2D eigenvalue weighted by atomic mass is 10.1. The van der Waals surface area contributed by atoms with Crippen molar-refractivity contribution in [2.24, 2.45) is 0 Å². The van der Waals surface area contributed by atoms with E-state index < -0.39 is 0 Å². The lowest BCUT2D eigenvalue weighted by molar-refractivity contribution is 1.13. The molecule has 0 amide bonds. The van der Waals surface area contributed by atoms with E-state index in [9.17, 15) is 0 Å². The molecule has 2 rings (SSSR count). The molecule has 0 aromatic heterocycles. The predicted molar refractivity (Wildman–Crippen MR) is 47.8 cm³/mol. The molecule has 0 unspecified atom stereocenters. The van der Waals surface area contributed by atoms with E-state index in [0.717, 1.165) is 5.02 Å². The van der Waals surface area contributed by atoms with Crippen LogP contribution in [-0.4, -0.2) is 0 Å². The summed E-state index contributed by atoms with van der Waals surface area (Å²) in [6, 6.07) is 5.87. The fourth-order valence-electron chi connectivity index (χ4n) is 1.28. The van der Waals surface area contributed by atoms with E-state index in [-0.39, 0.29) is 0 Å². The van der Waals surface area contributed by atoms with Gasteiger partial charge < -0.3 is 5.73 Å². The number of halogens is 1. The van der Waals surface area contributed by atoms with Gasteiger partial charge in [0.1, 0.15) is 0 Å². The van der Waals surface area contributed by atoms with Gasteiger partial charge in [0.25, 0.3) is 0 Å². The summed E-state index contributed by atoms with van der Waals surface area (Å²) in [4.78, 5) is 0. The third kappa shape index (κ3) is 1.21. The molecule has 0 bridgehead atoms. The van der Waals surface area contributed by atoms with Crippen molar-refractivity contribution < 1.29 is 0 Å². The molecule has 1 saturated carbocycles. The van der Waals surface area contributed by atoms with E-state index in [0.29, 0.717) is 11.6 Å². The van der Waals surface area contributed by atoms with E-state index in [1.54, 1.807) is 0 Å². The molecule has 2 heteroatoms. The molecule has 1 aromatic rings. The summed E-state index contributed by atoms with van der Waals surface area (Å²) in [5.41, 5.74) is 7.59. The van der Waals surface area contributed by atoms with Crippen LogP contribution < -0.4 is 5.73 Å². The van der Waals surface area contributed by atoms with Gasteiger partial charge in [-0.1, -0.05) is 23.7 Å². The Morgan fingerprint density at radius 1 is 1.36 bits per heavy atom. The van der Waals surface area contributed by atoms with Crippen LogP contribution in [0.4, 0.5) is 5.69 Å². The van der Waals surface area contributed by atoms with Crippen molar-refractivity contribution in [1.29, 1.82) is 0 Å². The number of rotatable bonds is 1. The maximum Gasteiger partial charge on any atom is 0.0670 e. The van der Waals surface area contributed by atoms with Crippen LogP contribution >= 0.6 is 11.6 Å². The highest BCUT2D eigenvalue weighted by Crippen LogP contribution is 2.44. The summed E-state index contributed by atoms with van der Waals surface area (Å²) in [6.07, 6.45) is 2.53. The predicted octanol–water partition coefficient (Wildman–Crippen LogP) is 2.80.